The third-order valence-corrected chi connectivity index (χ3v) is 3.32. The molecule has 5 heteroatoms. The SMILES string of the molecule is CCC(=O)C(C)N1C(=O)C(=O)c2cc(OC)ccc21. The molecule has 5 nitrogen and oxygen atoms in total. The Morgan fingerprint density at radius 1 is 1.37 bits per heavy atom. The molecule has 100 valence electrons. The van der Waals surface area contributed by atoms with Crippen molar-refractivity contribution >= 4 is 23.2 Å². The molecule has 19 heavy (non-hydrogen) atoms. The van der Waals surface area contributed by atoms with Crippen molar-refractivity contribution in [2.75, 3.05) is 12.0 Å². The monoisotopic (exact) mass is 261 g/mol. The van der Waals surface area contributed by atoms with Crippen molar-refractivity contribution < 1.29 is 19.1 Å². The lowest BCUT2D eigenvalue weighted by Crippen LogP contribution is -2.42. The van der Waals surface area contributed by atoms with E-state index in [1.54, 1.807) is 26.0 Å². The molecule has 1 aliphatic rings. The molecule has 0 fully saturated rings. The normalized spacial score (nSPS) is 15.4. The second-order valence-electron chi connectivity index (χ2n) is 4.38. The summed E-state index contributed by atoms with van der Waals surface area (Å²) in [5.41, 5.74) is 0.769. The molecule has 0 bridgehead atoms. The standard InChI is InChI=1S/C14H15NO4/c1-4-12(16)8(2)15-11-6-5-9(19-3)7-10(11)13(17)14(15)18/h5-8H,4H2,1-3H3. The van der Waals surface area contributed by atoms with E-state index in [2.05, 4.69) is 0 Å². The summed E-state index contributed by atoms with van der Waals surface area (Å²) in [4.78, 5) is 37.0. The number of amides is 1. The van der Waals surface area contributed by atoms with Crippen LogP contribution in [-0.4, -0.2) is 30.6 Å². The number of nitrogens with zero attached hydrogens (tertiary/aromatic N) is 1. The fourth-order valence-electron chi connectivity index (χ4n) is 2.19. The zero-order valence-corrected chi connectivity index (χ0v) is 11.1. The van der Waals surface area contributed by atoms with Crippen LogP contribution >= 0.6 is 0 Å². The highest BCUT2D eigenvalue weighted by molar-refractivity contribution is 6.52. The third kappa shape index (κ3) is 2.01. The van der Waals surface area contributed by atoms with Crippen LogP contribution in [0, 0.1) is 0 Å². The molecule has 0 N–H and O–H groups in total. The average molecular weight is 261 g/mol. The minimum Gasteiger partial charge on any atom is -0.497 e. The first kappa shape index (κ1) is 13.3. The van der Waals surface area contributed by atoms with Gasteiger partial charge in [0.2, 0.25) is 0 Å². The van der Waals surface area contributed by atoms with Gasteiger partial charge in [-0.05, 0) is 25.1 Å². The maximum absolute atomic E-state index is 12.0. The Morgan fingerprint density at radius 2 is 2.05 bits per heavy atom. The molecule has 0 saturated carbocycles. The Balaban J connectivity index is 2.48. The number of methoxy groups -OCH3 is 1. The number of rotatable bonds is 4. The van der Waals surface area contributed by atoms with Gasteiger partial charge in [0.25, 0.3) is 11.7 Å². The molecule has 1 atom stereocenters. The number of fused-ring (bicyclic) bond motifs is 1. The number of carbonyl (C=O) groups excluding carboxylic acids is 3. The zero-order chi connectivity index (χ0) is 14.2. The van der Waals surface area contributed by atoms with Gasteiger partial charge < -0.3 is 4.74 Å². The molecule has 1 aromatic carbocycles. The summed E-state index contributed by atoms with van der Waals surface area (Å²) in [5, 5.41) is 0. The summed E-state index contributed by atoms with van der Waals surface area (Å²) < 4.78 is 5.04. The van der Waals surface area contributed by atoms with Crippen molar-refractivity contribution in [1.29, 1.82) is 0 Å². The number of hydrogen-bond acceptors (Lipinski definition) is 4. The molecule has 1 heterocycles. The van der Waals surface area contributed by atoms with Crippen molar-refractivity contribution in [2.45, 2.75) is 26.3 Å². The van der Waals surface area contributed by atoms with Crippen molar-refractivity contribution in [3.8, 4) is 5.75 Å². The lowest BCUT2D eigenvalue weighted by Gasteiger charge is -2.23. The third-order valence-electron chi connectivity index (χ3n) is 3.32. The second kappa shape index (κ2) is 4.84. The quantitative estimate of drug-likeness (QED) is 0.772. The first-order valence-electron chi connectivity index (χ1n) is 6.09. The van der Waals surface area contributed by atoms with E-state index in [1.165, 1.54) is 18.1 Å². The molecule has 0 aliphatic carbocycles. The minimum atomic E-state index is -0.655. The molecular formula is C14H15NO4. The van der Waals surface area contributed by atoms with Crippen LogP contribution in [0.4, 0.5) is 5.69 Å². The van der Waals surface area contributed by atoms with Gasteiger partial charge in [-0.2, -0.15) is 0 Å². The number of ketones is 2. The summed E-state index contributed by atoms with van der Waals surface area (Å²) in [7, 11) is 1.49. The molecule has 0 saturated heterocycles. The summed E-state index contributed by atoms with van der Waals surface area (Å²) in [5.74, 6) is -0.816. The molecule has 0 spiro atoms. The van der Waals surface area contributed by atoms with E-state index in [-0.39, 0.29) is 5.78 Å². The second-order valence-corrected chi connectivity index (χ2v) is 4.38. The highest BCUT2D eigenvalue weighted by atomic mass is 16.5. The summed E-state index contributed by atoms with van der Waals surface area (Å²) in [6, 6.07) is 4.20. The predicted octanol–water partition coefficient (Wildman–Crippen LogP) is 1.59. The minimum absolute atomic E-state index is 0.0789. The van der Waals surface area contributed by atoms with E-state index in [0.717, 1.165) is 0 Å². The van der Waals surface area contributed by atoms with Gasteiger partial charge in [-0.1, -0.05) is 6.92 Å². The lowest BCUT2D eigenvalue weighted by molar-refractivity contribution is -0.122. The fraction of sp³-hybridized carbons (Fsp3) is 0.357. The van der Waals surface area contributed by atoms with Crippen LogP contribution in [0.2, 0.25) is 0 Å². The molecule has 1 aliphatic heterocycles. The van der Waals surface area contributed by atoms with Crippen LogP contribution in [-0.2, 0) is 9.59 Å². The van der Waals surface area contributed by atoms with Gasteiger partial charge in [0, 0.05) is 6.42 Å². The first-order chi connectivity index (χ1) is 9.01. The number of hydrogen-bond donors (Lipinski definition) is 0. The molecule has 1 unspecified atom stereocenters. The highest BCUT2D eigenvalue weighted by Crippen LogP contribution is 2.33. The molecule has 1 amide bonds. The van der Waals surface area contributed by atoms with Crippen LogP contribution in [0.25, 0.3) is 0 Å². The van der Waals surface area contributed by atoms with Gasteiger partial charge >= 0.3 is 0 Å². The van der Waals surface area contributed by atoms with Crippen molar-refractivity contribution in [2.24, 2.45) is 0 Å². The van der Waals surface area contributed by atoms with E-state index in [0.29, 0.717) is 23.4 Å². The van der Waals surface area contributed by atoms with E-state index in [4.69, 9.17) is 4.74 Å². The molecule has 1 aromatic rings. The van der Waals surface area contributed by atoms with Gasteiger partial charge in [-0.25, -0.2) is 0 Å². The highest BCUT2D eigenvalue weighted by Gasteiger charge is 2.40. The van der Waals surface area contributed by atoms with E-state index < -0.39 is 17.7 Å². The summed E-state index contributed by atoms with van der Waals surface area (Å²) >= 11 is 0. The van der Waals surface area contributed by atoms with E-state index in [1.807, 2.05) is 0 Å². The Labute approximate surface area is 111 Å². The van der Waals surface area contributed by atoms with Gasteiger partial charge in [0.05, 0.1) is 24.4 Å². The topological polar surface area (TPSA) is 63.7 Å². The van der Waals surface area contributed by atoms with Gasteiger partial charge in [0.1, 0.15) is 5.75 Å². The van der Waals surface area contributed by atoms with Gasteiger partial charge in [-0.3, -0.25) is 19.3 Å². The van der Waals surface area contributed by atoms with Crippen molar-refractivity contribution in [3.63, 3.8) is 0 Å². The molecule has 0 radical (unpaired) electrons. The summed E-state index contributed by atoms with van der Waals surface area (Å²) in [6.07, 6.45) is 0.324. The van der Waals surface area contributed by atoms with E-state index >= 15 is 0 Å². The molecule has 0 aromatic heterocycles. The fourth-order valence-corrected chi connectivity index (χ4v) is 2.19. The van der Waals surface area contributed by atoms with Crippen LogP contribution in [0.1, 0.15) is 30.6 Å². The van der Waals surface area contributed by atoms with Crippen molar-refractivity contribution in [3.05, 3.63) is 23.8 Å². The predicted molar refractivity (Wildman–Crippen MR) is 69.6 cm³/mol. The summed E-state index contributed by atoms with van der Waals surface area (Å²) in [6.45, 7) is 3.37. The average Bonchev–Trinajstić information content (AvgIpc) is 2.69. The van der Waals surface area contributed by atoms with Gasteiger partial charge in [-0.15, -0.1) is 0 Å². The van der Waals surface area contributed by atoms with Crippen LogP contribution < -0.4 is 9.64 Å². The Hall–Kier alpha value is -2.17. The Morgan fingerprint density at radius 3 is 2.63 bits per heavy atom. The maximum Gasteiger partial charge on any atom is 0.300 e. The number of ether oxygens (including phenoxy) is 1. The Kier molecular flexibility index (Phi) is 3.38. The van der Waals surface area contributed by atoms with E-state index in [9.17, 15) is 14.4 Å². The Bertz CT molecular complexity index is 565. The van der Waals surface area contributed by atoms with Crippen molar-refractivity contribution in [1.82, 2.24) is 0 Å². The lowest BCUT2D eigenvalue weighted by atomic mass is 10.1. The van der Waals surface area contributed by atoms with Crippen LogP contribution in [0.3, 0.4) is 0 Å². The smallest absolute Gasteiger partial charge is 0.300 e. The van der Waals surface area contributed by atoms with Gasteiger partial charge in [0.15, 0.2) is 5.78 Å². The molecular weight excluding hydrogens is 246 g/mol. The number of benzene rings is 1. The molecule has 2 rings (SSSR count). The number of carbonyl (C=O) groups is 3. The zero-order valence-electron chi connectivity index (χ0n) is 11.1. The number of anilines is 1. The van der Waals surface area contributed by atoms with Crippen LogP contribution in [0.5, 0.6) is 5.75 Å². The largest absolute Gasteiger partial charge is 0.497 e. The first-order valence-corrected chi connectivity index (χ1v) is 6.09. The maximum atomic E-state index is 12.0. The van der Waals surface area contributed by atoms with Crippen LogP contribution in [0.15, 0.2) is 18.2 Å². The number of Topliss-reactive ketones (excluding diaryl/α,β-unsaturated/α-hetero) is 2.